The fraction of sp³-hybridized carbons (Fsp3) is 0.286. The number of ether oxygens (including phenoxy) is 2. The summed E-state index contributed by atoms with van der Waals surface area (Å²) in [4.78, 5) is 27.4. The number of hydrogen-bond donors (Lipinski definition) is 1. The van der Waals surface area contributed by atoms with Crippen molar-refractivity contribution in [2.45, 2.75) is 31.3 Å². The first-order valence-corrected chi connectivity index (χ1v) is 14.0. The Morgan fingerprint density at radius 3 is 2.33 bits per heavy atom. The molecule has 1 aliphatic heterocycles. The fourth-order valence-electron chi connectivity index (χ4n) is 4.16. The van der Waals surface area contributed by atoms with Gasteiger partial charge in [-0.05, 0) is 56.3 Å². The van der Waals surface area contributed by atoms with Crippen LogP contribution >= 0.6 is 0 Å². The van der Waals surface area contributed by atoms with Gasteiger partial charge in [0.05, 0.1) is 10.6 Å². The van der Waals surface area contributed by atoms with E-state index in [1.54, 1.807) is 13.0 Å². The second-order valence-corrected chi connectivity index (χ2v) is 10.8. The number of rotatable bonds is 10. The number of anilines is 1. The van der Waals surface area contributed by atoms with E-state index in [0.717, 1.165) is 21.3 Å². The molecule has 3 aromatic rings. The summed E-state index contributed by atoms with van der Waals surface area (Å²) in [5.41, 5.74) is 0.163. The molecule has 0 saturated heterocycles. The van der Waals surface area contributed by atoms with Gasteiger partial charge in [-0.3, -0.25) is 13.9 Å². The van der Waals surface area contributed by atoms with Gasteiger partial charge in [0.2, 0.25) is 11.8 Å². The first-order valence-electron chi connectivity index (χ1n) is 12.6. The van der Waals surface area contributed by atoms with Crippen molar-refractivity contribution in [3.63, 3.8) is 0 Å². The highest BCUT2D eigenvalue weighted by Gasteiger charge is 2.33. The molecule has 1 atom stereocenters. The van der Waals surface area contributed by atoms with E-state index in [-0.39, 0.29) is 35.0 Å². The third-order valence-corrected chi connectivity index (χ3v) is 8.08. The zero-order valence-electron chi connectivity index (χ0n) is 22.0. The Kier molecular flexibility index (Phi) is 8.88. The van der Waals surface area contributed by atoms with Gasteiger partial charge < -0.3 is 19.7 Å². The Labute approximate surface area is 231 Å². The summed E-state index contributed by atoms with van der Waals surface area (Å²) in [6, 6.07) is 13.4. The number of fused-ring (bicyclic) bond motifs is 1. The predicted octanol–water partition coefficient (Wildman–Crippen LogP) is 3.48. The van der Waals surface area contributed by atoms with Crippen LogP contribution in [0, 0.1) is 11.6 Å². The van der Waals surface area contributed by atoms with Gasteiger partial charge in [-0.25, -0.2) is 17.2 Å². The molecule has 0 aromatic heterocycles. The van der Waals surface area contributed by atoms with Crippen molar-refractivity contribution >= 4 is 27.5 Å². The highest BCUT2D eigenvalue weighted by atomic mass is 32.2. The lowest BCUT2D eigenvalue weighted by atomic mass is 10.1. The molecule has 0 saturated carbocycles. The number of sulfonamides is 1. The molecule has 40 heavy (non-hydrogen) atoms. The Balaban J connectivity index is 1.73. The molecule has 0 spiro atoms. The lowest BCUT2D eigenvalue weighted by Gasteiger charge is -2.32. The van der Waals surface area contributed by atoms with Crippen LogP contribution in [0.4, 0.5) is 14.5 Å². The van der Waals surface area contributed by atoms with Crippen LogP contribution in [0.15, 0.2) is 71.6 Å². The molecule has 1 N–H and O–H groups in total. The Bertz CT molecular complexity index is 1480. The van der Waals surface area contributed by atoms with Crippen LogP contribution in [0.5, 0.6) is 11.5 Å². The van der Waals surface area contributed by atoms with E-state index in [1.165, 1.54) is 55.5 Å². The number of carbonyl (C=O) groups is 2. The minimum atomic E-state index is -4.41. The normalized spacial score (nSPS) is 13.3. The molecule has 1 heterocycles. The summed E-state index contributed by atoms with van der Waals surface area (Å²) in [5, 5.41) is 2.63. The topological polar surface area (TPSA) is 105 Å². The third-order valence-electron chi connectivity index (χ3n) is 6.31. The summed E-state index contributed by atoms with van der Waals surface area (Å²) in [6.07, 6.45) is 0. The van der Waals surface area contributed by atoms with Gasteiger partial charge in [-0.15, -0.1) is 0 Å². The minimum Gasteiger partial charge on any atom is -0.486 e. The van der Waals surface area contributed by atoms with Crippen molar-refractivity contribution < 1.29 is 36.3 Å². The highest BCUT2D eigenvalue weighted by Crippen LogP contribution is 2.34. The average Bonchev–Trinajstić information content (AvgIpc) is 2.95. The number of amides is 2. The minimum absolute atomic E-state index is 0.0149. The molecule has 1 aliphatic rings. The number of benzene rings is 3. The van der Waals surface area contributed by atoms with Crippen LogP contribution in [0.3, 0.4) is 0 Å². The molecule has 0 radical (unpaired) electrons. The Morgan fingerprint density at radius 1 is 0.975 bits per heavy atom. The van der Waals surface area contributed by atoms with Crippen molar-refractivity contribution in [1.29, 1.82) is 0 Å². The van der Waals surface area contributed by atoms with Crippen LogP contribution in [0.2, 0.25) is 0 Å². The SMILES string of the molecule is CCNC(=O)[C@H](C)N(Cc1ccccc1F)C(=O)CN(c1ccc(F)cc1)S(=O)(=O)c1ccc2c(c1)OCCO2. The van der Waals surface area contributed by atoms with Crippen LogP contribution < -0.4 is 19.1 Å². The van der Waals surface area contributed by atoms with Crippen LogP contribution in [-0.2, 0) is 26.2 Å². The van der Waals surface area contributed by atoms with Crippen LogP contribution in [-0.4, -0.2) is 57.5 Å². The van der Waals surface area contributed by atoms with Gasteiger partial charge >= 0.3 is 0 Å². The molecule has 0 aliphatic carbocycles. The molecule has 0 fully saturated rings. The van der Waals surface area contributed by atoms with Crippen LogP contribution in [0.1, 0.15) is 19.4 Å². The van der Waals surface area contributed by atoms with E-state index < -0.39 is 46.1 Å². The lowest BCUT2D eigenvalue weighted by molar-refractivity contribution is -0.139. The van der Waals surface area contributed by atoms with E-state index in [9.17, 15) is 26.8 Å². The first kappa shape index (κ1) is 28.8. The maximum atomic E-state index is 14.5. The van der Waals surface area contributed by atoms with E-state index in [2.05, 4.69) is 5.32 Å². The number of carbonyl (C=O) groups excluding carboxylic acids is 2. The molecule has 0 unspecified atom stereocenters. The van der Waals surface area contributed by atoms with E-state index >= 15 is 0 Å². The molecule has 12 heteroatoms. The fourth-order valence-corrected chi connectivity index (χ4v) is 5.59. The number of nitrogens with one attached hydrogen (secondary N) is 1. The number of halogens is 2. The lowest BCUT2D eigenvalue weighted by Crippen LogP contribution is -2.51. The van der Waals surface area contributed by atoms with Crippen molar-refractivity contribution in [3.8, 4) is 11.5 Å². The molecule has 9 nitrogen and oxygen atoms in total. The van der Waals surface area contributed by atoms with Gasteiger partial charge in [-0.1, -0.05) is 18.2 Å². The van der Waals surface area contributed by atoms with Gasteiger partial charge in [0.15, 0.2) is 11.5 Å². The predicted molar refractivity (Wildman–Crippen MR) is 143 cm³/mol. The molecular weight excluding hydrogens is 544 g/mol. The first-order chi connectivity index (χ1) is 19.1. The smallest absolute Gasteiger partial charge is 0.264 e. The molecule has 0 bridgehead atoms. The summed E-state index contributed by atoms with van der Waals surface area (Å²) in [6.45, 7) is 3.00. The monoisotopic (exact) mass is 573 g/mol. The second kappa shape index (κ2) is 12.3. The van der Waals surface area contributed by atoms with E-state index in [0.29, 0.717) is 18.9 Å². The molecule has 3 aromatic carbocycles. The Hall–Kier alpha value is -4.19. The van der Waals surface area contributed by atoms with Gasteiger partial charge in [0.1, 0.15) is 37.4 Å². The summed E-state index contributed by atoms with van der Waals surface area (Å²) < 4.78 is 67.9. The van der Waals surface area contributed by atoms with Crippen LogP contribution in [0.25, 0.3) is 0 Å². The quantitative estimate of drug-likeness (QED) is 0.398. The van der Waals surface area contributed by atoms with Gasteiger partial charge in [0.25, 0.3) is 10.0 Å². The van der Waals surface area contributed by atoms with Gasteiger partial charge in [-0.2, -0.15) is 0 Å². The third kappa shape index (κ3) is 6.33. The van der Waals surface area contributed by atoms with E-state index in [1.807, 2.05) is 0 Å². The van der Waals surface area contributed by atoms with E-state index in [4.69, 9.17) is 9.47 Å². The second-order valence-electron chi connectivity index (χ2n) is 8.98. The van der Waals surface area contributed by atoms with Crippen molar-refractivity contribution in [1.82, 2.24) is 10.2 Å². The maximum Gasteiger partial charge on any atom is 0.264 e. The zero-order valence-corrected chi connectivity index (χ0v) is 22.8. The molecule has 4 rings (SSSR count). The summed E-state index contributed by atoms with van der Waals surface area (Å²) >= 11 is 0. The maximum absolute atomic E-state index is 14.5. The summed E-state index contributed by atoms with van der Waals surface area (Å²) in [5.74, 6) is -1.84. The molecular formula is C28H29F2N3O6S. The largest absolute Gasteiger partial charge is 0.486 e. The van der Waals surface area contributed by atoms with Crippen molar-refractivity contribution in [2.75, 3.05) is 30.6 Å². The van der Waals surface area contributed by atoms with Gasteiger partial charge in [0, 0.05) is 24.7 Å². The average molecular weight is 574 g/mol. The van der Waals surface area contributed by atoms with Crippen molar-refractivity contribution in [2.24, 2.45) is 0 Å². The Morgan fingerprint density at radius 2 is 1.65 bits per heavy atom. The number of hydrogen-bond acceptors (Lipinski definition) is 6. The number of nitrogens with zero attached hydrogens (tertiary/aromatic N) is 2. The standard InChI is InChI=1S/C28H29F2N3O6S/c1-3-31-28(35)19(2)32(17-20-6-4-5-7-24(20)30)27(34)18-33(22-10-8-21(29)9-11-22)40(36,37)23-12-13-25-26(16-23)39-15-14-38-25/h4-13,16,19H,3,14-15,17-18H2,1-2H3,(H,31,35)/t19-/m0/s1. The molecule has 212 valence electrons. The highest BCUT2D eigenvalue weighted by molar-refractivity contribution is 7.92. The summed E-state index contributed by atoms with van der Waals surface area (Å²) in [7, 11) is -4.41. The zero-order chi connectivity index (χ0) is 28.9. The number of likely N-dealkylation sites (N-methyl/N-ethyl adjacent to an activating group) is 1. The van der Waals surface area contributed by atoms with Crippen molar-refractivity contribution in [3.05, 3.63) is 83.9 Å². The molecule has 2 amide bonds.